The van der Waals surface area contributed by atoms with Crippen LogP contribution in [-0.4, -0.2) is 16.9 Å². The highest BCUT2D eigenvalue weighted by atomic mass is 16.2. The lowest BCUT2D eigenvalue weighted by Gasteiger charge is -2.05. The lowest BCUT2D eigenvalue weighted by molar-refractivity contribution is 0.0949. The molecule has 2 aromatic rings. The lowest BCUT2D eigenvalue weighted by Crippen LogP contribution is -2.31. The van der Waals surface area contributed by atoms with Crippen LogP contribution in [0.2, 0.25) is 0 Å². The highest BCUT2D eigenvalue weighted by Gasteiger charge is 2.39. The number of carbonyl (C=O) groups is 1. The molecule has 20 heavy (non-hydrogen) atoms. The molecule has 1 aliphatic rings. The number of hydrogen-bond donors (Lipinski definition) is 2. The van der Waals surface area contributed by atoms with Gasteiger partial charge >= 0.3 is 0 Å². The van der Waals surface area contributed by atoms with E-state index in [9.17, 15) is 9.59 Å². The topological polar surface area (TPSA) is 62.0 Å². The molecule has 2 N–H and O–H groups in total. The number of amides is 1. The predicted octanol–water partition coefficient (Wildman–Crippen LogP) is 1.97. The van der Waals surface area contributed by atoms with Crippen molar-refractivity contribution in [2.45, 2.75) is 25.3 Å². The fraction of sp³-hybridized carbons (Fsp3) is 0.250. The monoisotopic (exact) mass is 268 g/mol. The molecule has 0 bridgehead atoms. The van der Waals surface area contributed by atoms with Crippen LogP contribution in [0.4, 0.5) is 0 Å². The molecular weight excluding hydrogens is 252 g/mol. The summed E-state index contributed by atoms with van der Waals surface area (Å²) in [6, 6.07) is 13.5. The Labute approximate surface area is 116 Å². The van der Waals surface area contributed by atoms with E-state index in [-0.39, 0.29) is 23.1 Å². The summed E-state index contributed by atoms with van der Waals surface area (Å²) in [6.45, 7) is 1.79. The van der Waals surface area contributed by atoms with Crippen molar-refractivity contribution in [2.24, 2.45) is 0 Å². The zero-order chi connectivity index (χ0) is 14.1. The number of benzene rings is 1. The van der Waals surface area contributed by atoms with E-state index in [2.05, 4.69) is 22.4 Å². The summed E-state index contributed by atoms with van der Waals surface area (Å²) in [7, 11) is 0. The number of carbonyl (C=O) groups excluding carboxylic acids is 1. The summed E-state index contributed by atoms with van der Waals surface area (Å²) in [5.41, 5.74) is 1.82. The zero-order valence-electron chi connectivity index (χ0n) is 11.2. The smallest absolute Gasteiger partial charge is 0.260 e. The van der Waals surface area contributed by atoms with Gasteiger partial charge in [0.2, 0.25) is 0 Å². The van der Waals surface area contributed by atoms with E-state index in [0.29, 0.717) is 5.92 Å². The Kier molecular flexibility index (Phi) is 3.14. The van der Waals surface area contributed by atoms with Gasteiger partial charge in [0, 0.05) is 17.7 Å². The minimum absolute atomic E-state index is 0.130. The summed E-state index contributed by atoms with van der Waals surface area (Å²) in [6.07, 6.45) is 0.930. The molecule has 0 unspecified atom stereocenters. The number of H-pyrrole nitrogens is 1. The largest absolute Gasteiger partial charge is 0.348 e. The summed E-state index contributed by atoms with van der Waals surface area (Å²) in [5, 5.41) is 2.92. The number of aromatic nitrogens is 1. The van der Waals surface area contributed by atoms with Crippen molar-refractivity contribution in [3.63, 3.8) is 0 Å². The van der Waals surface area contributed by atoms with Gasteiger partial charge < -0.3 is 10.3 Å². The Morgan fingerprint density at radius 2 is 1.95 bits per heavy atom. The quantitative estimate of drug-likeness (QED) is 0.894. The van der Waals surface area contributed by atoms with Crippen LogP contribution < -0.4 is 10.9 Å². The third-order valence-corrected chi connectivity index (χ3v) is 3.63. The van der Waals surface area contributed by atoms with E-state index >= 15 is 0 Å². The molecule has 0 spiro atoms. The number of aryl methyl sites for hydroxylation is 1. The van der Waals surface area contributed by atoms with Crippen LogP contribution in [0.25, 0.3) is 0 Å². The molecule has 1 aromatic carbocycles. The van der Waals surface area contributed by atoms with Gasteiger partial charge in [-0.05, 0) is 31.0 Å². The molecule has 1 heterocycles. The molecular formula is C16H16N2O2. The molecule has 0 aliphatic heterocycles. The highest BCUT2D eigenvalue weighted by Crippen LogP contribution is 2.40. The second kappa shape index (κ2) is 4.96. The molecule has 1 aliphatic carbocycles. The molecule has 1 saturated carbocycles. The molecule has 0 saturated heterocycles. The standard InChI is InChI=1S/C16H16N2O2/c1-10-7-8-12(15(19)17-10)16(20)18-14-9-13(14)11-5-3-2-4-6-11/h2-8,13-14H,9H2,1H3,(H,17,19)(H,18,20)/t13-,14+/m0/s1. The first-order valence-corrected chi connectivity index (χ1v) is 6.71. The second-order valence-electron chi connectivity index (χ2n) is 5.22. The van der Waals surface area contributed by atoms with Crippen LogP contribution in [0.1, 0.15) is 34.0 Å². The number of pyridine rings is 1. The van der Waals surface area contributed by atoms with Crippen LogP contribution in [-0.2, 0) is 0 Å². The summed E-state index contributed by atoms with van der Waals surface area (Å²) >= 11 is 0. The van der Waals surface area contributed by atoms with Crippen molar-refractivity contribution in [1.82, 2.24) is 10.3 Å². The number of aromatic amines is 1. The SMILES string of the molecule is Cc1ccc(C(=O)N[C@@H]2C[C@H]2c2ccccc2)c(=O)[nH]1. The van der Waals surface area contributed by atoms with Gasteiger partial charge in [-0.25, -0.2) is 0 Å². The van der Waals surface area contributed by atoms with Gasteiger partial charge in [-0.2, -0.15) is 0 Å². The first kappa shape index (κ1) is 12.7. The number of hydrogen-bond acceptors (Lipinski definition) is 2. The minimum atomic E-state index is -0.334. The van der Waals surface area contributed by atoms with Crippen molar-refractivity contribution in [1.29, 1.82) is 0 Å². The Morgan fingerprint density at radius 3 is 2.65 bits per heavy atom. The van der Waals surface area contributed by atoms with Crippen molar-refractivity contribution in [3.05, 3.63) is 69.6 Å². The third-order valence-electron chi connectivity index (χ3n) is 3.63. The Bertz CT molecular complexity index is 691. The lowest BCUT2D eigenvalue weighted by atomic mass is 10.1. The first-order valence-electron chi connectivity index (χ1n) is 6.71. The summed E-state index contributed by atoms with van der Waals surface area (Å²) in [5.74, 6) is 0.0689. The average molecular weight is 268 g/mol. The maximum Gasteiger partial charge on any atom is 0.260 e. The minimum Gasteiger partial charge on any atom is -0.348 e. The van der Waals surface area contributed by atoms with Gasteiger partial charge in [0.15, 0.2) is 0 Å². The van der Waals surface area contributed by atoms with Crippen LogP contribution >= 0.6 is 0 Å². The Hall–Kier alpha value is -2.36. The number of nitrogens with one attached hydrogen (secondary N) is 2. The molecule has 1 aromatic heterocycles. The fourth-order valence-electron chi connectivity index (χ4n) is 2.42. The Balaban J connectivity index is 1.68. The predicted molar refractivity (Wildman–Crippen MR) is 76.9 cm³/mol. The van der Waals surface area contributed by atoms with E-state index in [4.69, 9.17) is 0 Å². The van der Waals surface area contributed by atoms with Crippen molar-refractivity contribution < 1.29 is 4.79 Å². The maximum absolute atomic E-state index is 12.1. The van der Waals surface area contributed by atoms with Crippen molar-refractivity contribution in [2.75, 3.05) is 0 Å². The maximum atomic E-state index is 12.1. The Morgan fingerprint density at radius 1 is 1.20 bits per heavy atom. The zero-order valence-corrected chi connectivity index (χ0v) is 11.2. The van der Waals surface area contributed by atoms with Crippen LogP contribution in [0.5, 0.6) is 0 Å². The molecule has 4 nitrogen and oxygen atoms in total. The fourth-order valence-corrected chi connectivity index (χ4v) is 2.42. The van der Waals surface area contributed by atoms with Gasteiger partial charge in [0.25, 0.3) is 11.5 Å². The third kappa shape index (κ3) is 2.50. The van der Waals surface area contributed by atoms with Crippen molar-refractivity contribution in [3.8, 4) is 0 Å². The van der Waals surface area contributed by atoms with Crippen LogP contribution in [0, 0.1) is 6.92 Å². The van der Waals surface area contributed by atoms with Gasteiger partial charge in [-0.1, -0.05) is 30.3 Å². The molecule has 2 atom stereocenters. The average Bonchev–Trinajstić information content (AvgIpc) is 3.18. The van der Waals surface area contributed by atoms with E-state index in [1.807, 2.05) is 18.2 Å². The van der Waals surface area contributed by atoms with Gasteiger partial charge in [0.1, 0.15) is 5.56 Å². The first-order chi connectivity index (χ1) is 9.65. The van der Waals surface area contributed by atoms with Gasteiger partial charge in [-0.3, -0.25) is 9.59 Å². The number of rotatable bonds is 3. The van der Waals surface area contributed by atoms with Crippen molar-refractivity contribution >= 4 is 5.91 Å². The molecule has 4 heteroatoms. The molecule has 1 fully saturated rings. The second-order valence-corrected chi connectivity index (χ2v) is 5.22. The highest BCUT2D eigenvalue weighted by molar-refractivity contribution is 5.94. The molecule has 1 amide bonds. The van der Waals surface area contributed by atoms with Gasteiger partial charge in [-0.15, -0.1) is 0 Å². The van der Waals surface area contributed by atoms with Gasteiger partial charge in [0.05, 0.1) is 0 Å². The summed E-state index contributed by atoms with van der Waals surface area (Å²) in [4.78, 5) is 26.4. The van der Waals surface area contributed by atoms with E-state index in [0.717, 1.165) is 12.1 Å². The van der Waals surface area contributed by atoms with E-state index < -0.39 is 0 Å². The van der Waals surface area contributed by atoms with Crippen LogP contribution in [0.3, 0.4) is 0 Å². The molecule has 3 rings (SSSR count). The normalized spacial score (nSPS) is 20.4. The molecule has 0 radical (unpaired) electrons. The summed E-state index contributed by atoms with van der Waals surface area (Å²) < 4.78 is 0. The van der Waals surface area contributed by atoms with E-state index in [1.165, 1.54) is 5.56 Å². The molecule has 102 valence electrons. The van der Waals surface area contributed by atoms with E-state index in [1.54, 1.807) is 19.1 Å². The van der Waals surface area contributed by atoms with Crippen LogP contribution in [0.15, 0.2) is 47.3 Å².